The number of nitrogens with zero attached hydrogens (tertiary/aromatic N) is 2. The second-order valence-corrected chi connectivity index (χ2v) is 8.71. The predicted molar refractivity (Wildman–Crippen MR) is 127 cm³/mol. The van der Waals surface area contributed by atoms with Gasteiger partial charge in [-0.15, -0.1) is 0 Å². The van der Waals surface area contributed by atoms with Crippen LogP contribution in [0.15, 0.2) is 48.5 Å². The summed E-state index contributed by atoms with van der Waals surface area (Å²) >= 11 is 0. The quantitative estimate of drug-likeness (QED) is 0.612. The summed E-state index contributed by atoms with van der Waals surface area (Å²) in [6, 6.07) is 16.0. The maximum atomic E-state index is 13.0. The van der Waals surface area contributed by atoms with Crippen LogP contribution in [0.25, 0.3) is 10.9 Å². The molecule has 1 saturated heterocycles. The largest absolute Gasteiger partial charge is 0.497 e. The predicted octanol–water partition coefficient (Wildman–Crippen LogP) is 4.17. The van der Waals surface area contributed by atoms with Crippen LogP contribution in [0.4, 0.5) is 4.79 Å². The summed E-state index contributed by atoms with van der Waals surface area (Å²) in [5, 5.41) is 1.18. The molecule has 3 heterocycles. The molecule has 1 atom stereocenters. The minimum atomic E-state index is -0.432. The normalized spacial score (nSPS) is 20.2. The molecule has 0 saturated carbocycles. The second kappa shape index (κ2) is 8.98. The highest BCUT2D eigenvalue weighted by Gasteiger charge is 2.51. The van der Waals surface area contributed by atoms with E-state index in [0.717, 1.165) is 55.2 Å². The van der Waals surface area contributed by atoms with Crippen LogP contribution < -0.4 is 9.47 Å². The van der Waals surface area contributed by atoms with Gasteiger partial charge >= 0.3 is 6.09 Å². The zero-order valence-electron chi connectivity index (χ0n) is 19.3. The molecule has 3 aromatic rings. The smallest absolute Gasteiger partial charge is 0.410 e. The average molecular weight is 450 g/mol. The summed E-state index contributed by atoms with van der Waals surface area (Å²) in [6.45, 7) is 5.93. The van der Waals surface area contributed by atoms with Gasteiger partial charge < -0.3 is 19.2 Å². The highest BCUT2D eigenvalue weighted by atomic mass is 16.6. The molecule has 2 aliphatic heterocycles. The molecule has 7 nitrogen and oxygen atoms in total. The number of H-pyrrole nitrogens is 1. The molecule has 1 fully saturated rings. The first-order chi connectivity index (χ1) is 16.1. The lowest BCUT2D eigenvalue weighted by Gasteiger charge is -2.44. The third kappa shape index (κ3) is 3.91. The van der Waals surface area contributed by atoms with Crippen LogP contribution in [-0.2, 0) is 16.7 Å². The maximum absolute atomic E-state index is 13.0. The van der Waals surface area contributed by atoms with E-state index in [1.54, 1.807) is 7.11 Å². The number of carbonyl (C=O) groups excluding carboxylic acids is 1. The van der Waals surface area contributed by atoms with E-state index in [-0.39, 0.29) is 6.09 Å². The van der Waals surface area contributed by atoms with Gasteiger partial charge in [-0.1, -0.05) is 18.2 Å². The van der Waals surface area contributed by atoms with Gasteiger partial charge in [0.2, 0.25) is 0 Å². The second-order valence-electron chi connectivity index (χ2n) is 8.71. The number of benzene rings is 2. The van der Waals surface area contributed by atoms with Gasteiger partial charge in [-0.2, -0.15) is 0 Å². The number of para-hydroxylation sites is 1. The van der Waals surface area contributed by atoms with Crippen LogP contribution in [0.1, 0.15) is 24.6 Å². The molecule has 1 aromatic heterocycles. The molecule has 33 heavy (non-hydrogen) atoms. The van der Waals surface area contributed by atoms with E-state index in [9.17, 15) is 4.79 Å². The van der Waals surface area contributed by atoms with Gasteiger partial charge in [0.15, 0.2) is 0 Å². The fraction of sp³-hybridized carbons (Fsp3) is 0.423. The fourth-order valence-corrected chi connectivity index (χ4v) is 5.35. The Bertz CT molecular complexity index is 1130. The molecule has 1 spiro atoms. The number of fused-ring (bicyclic) bond motifs is 4. The molecular weight excluding hydrogens is 418 g/mol. The summed E-state index contributed by atoms with van der Waals surface area (Å²) in [5.41, 5.74) is 3.07. The first-order valence-corrected chi connectivity index (χ1v) is 11.7. The van der Waals surface area contributed by atoms with Gasteiger partial charge in [0.25, 0.3) is 0 Å². The van der Waals surface area contributed by atoms with Crippen molar-refractivity contribution in [2.75, 3.05) is 46.5 Å². The zero-order chi connectivity index (χ0) is 22.8. The Balaban J connectivity index is 1.43. The molecule has 2 aliphatic rings. The van der Waals surface area contributed by atoms with Crippen molar-refractivity contribution in [2.45, 2.75) is 25.3 Å². The van der Waals surface area contributed by atoms with E-state index < -0.39 is 5.54 Å². The number of aromatic nitrogens is 1. The molecule has 7 heteroatoms. The van der Waals surface area contributed by atoms with Crippen molar-refractivity contribution < 1.29 is 19.0 Å². The summed E-state index contributed by atoms with van der Waals surface area (Å²) in [4.78, 5) is 21.0. The Hall–Kier alpha value is -3.19. The Morgan fingerprint density at radius 1 is 1.12 bits per heavy atom. The minimum absolute atomic E-state index is 0.234. The number of hydrogen-bond acceptors (Lipinski definition) is 5. The number of carbonyl (C=O) groups is 1. The number of nitrogens with one attached hydrogen (secondary N) is 1. The van der Waals surface area contributed by atoms with Gasteiger partial charge in [0.1, 0.15) is 23.6 Å². The molecule has 0 aliphatic carbocycles. The van der Waals surface area contributed by atoms with E-state index >= 15 is 0 Å². The first kappa shape index (κ1) is 21.6. The number of amides is 1. The molecule has 1 N–H and O–H groups in total. The number of ether oxygens (including phenoxy) is 3. The van der Waals surface area contributed by atoms with Gasteiger partial charge in [-0.25, -0.2) is 4.79 Å². The van der Waals surface area contributed by atoms with E-state index in [4.69, 9.17) is 14.2 Å². The third-order valence-corrected chi connectivity index (χ3v) is 6.92. The summed E-state index contributed by atoms with van der Waals surface area (Å²) < 4.78 is 16.9. The van der Waals surface area contributed by atoms with Crippen molar-refractivity contribution in [3.05, 3.63) is 59.8 Å². The van der Waals surface area contributed by atoms with Crippen molar-refractivity contribution in [3.8, 4) is 11.5 Å². The van der Waals surface area contributed by atoms with Crippen LogP contribution >= 0.6 is 0 Å². The van der Waals surface area contributed by atoms with Crippen LogP contribution in [0.5, 0.6) is 11.5 Å². The summed E-state index contributed by atoms with van der Waals surface area (Å²) in [5.74, 6) is 1.72. The van der Waals surface area contributed by atoms with Crippen LogP contribution in [0.2, 0.25) is 0 Å². The van der Waals surface area contributed by atoms with Gasteiger partial charge in [0, 0.05) is 42.8 Å². The number of methoxy groups -OCH3 is 1. The van der Waals surface area contributed by atoms with Crippen molar-refractivity contribution in [2.24, 2.45) is 0 Å². The lowest BCUT2D eigenvalue weighted by Crippen LogP contribution is -2.55. The van der Waals surface area contributed by atoms with E-state index in [1.807, 2.05) is 48.2 Å². The van der Waals surface area contributed by atoms with E-state index in [1.165, 1.54) is 10.9 Å². The van der Waals surface area contributed by atoms with Crippen molar-refractivity contribution in [1.29, 1.82) is 0 Å². The fourth-order valence-electron chi connectivity index (χ4n) is 5.35. The number of aromatic amines is 1. The number of likely N-dealkylation sites (tertiary alicyclic amines) is 1. The van der Waals surface area contributed by atoms with Crippen molar-refractivity contribution >= 4 is 17.0 Å². The van der Waals surface area contributed by atoms with Crippen LogP contribution in [0.3, 0.4) is 0 Å². The third-order valence-electron chi connectivity index (χ3n) is 6.92. The molecule has 0 radical (unpaired) electrons. The molecule has 0 bridgehead atoms. The minimum Gasteiger partial charge on any atom is -0.497 e. The number of hydrogen-bond donors (Lipinski definition) is 1. The Labute approximate surface area is 194 Å². The molecule has 174 valence electrons. The zero-order valence-corrected chi connectivity index (χ0v) is 19.3. The Kier molecular flexibility index (Phi) is 5.89. The molecular formula is C26H31N3O4. The molecule has 1 amide bonds. The lowest BCUT2D eigenvalue weighted by molar-refractivity contribution is 0.0444. The van der Waals surface area contributed by atoms with E-state index in [0.29, 0.717) is 19.8 Å². The van der Waals surface area contributed by atoms with Crippen LogP contribution in [0, 0.1) is 0 Å². The highest BCUT2D eigenvalue weighted by Crippen LogP contribution is 2.45. The average Bonchev–Trinajstić information content (AvgIpc) is 3.42. The Morgan fingerprint density at radius 2 is 1.97 bits per heavy atom. The molecule has 2 aromatic carbocycles. The standard InChI is InChI=1S/C26H31N3O4/c1-3-32-25(30)29-13-11-21-22-17-20(31-2)9-10-23(22)27-24(21)26(29)12-14-28(18-26)15-16-33-19-7-5-4-6-8-19/h4-10,17,27H,3,11-16,18H2,1-2H3. The number of rotatable bonds is 6. The topological polar surface area (TPSA) is 67.0 Å². The highest BCUT2D eigenvalue weighted by molar-refractivity contribution is 5.87. The monoisotopic (exact) mass is 449 g/mol. The van der Waals surface area contributed by atoms with Crippen molar-refractivity contribution in [3.63, 3.8) is 0 Å². The van der Waals surface area contributed by atoms with Gasteiger partial charge in [-0.05, 0) is 55.7 Å². The maximum Gasteiger partial charge on any atom is 0.410 e. The van der Waals surface area contributed by atoms with Crippen LogP contribution in [-0.4, -0.2) is 67.4 Å². The summed E-state index contributed by atoms with van der Waals surface area (Å²) in [7, 11) is 1.69. The molecule has 5 rings (SSSR count). The van der Waals surface area contributed by atoms with Crippen molar-refractivity contribution in [1.82, 2.24) is 14.8 Å². The first-order valence-electron chi connectivity index (χ1n) is 11.7. The Morgan fingerprint density at radius 3 is 2.76 bits per heavy atom. The van der Waals surface area contributed by atoms with Gasteiger partial charge in [-0.3, -0.25) is 9.80 Å². The SMILES string of the molecule is CCOC(=O)N1CCc2c([nH]c3ccc(OC)cc23)C12CCN(CCOc1ccccc1)C2. The van der Waals surface area contributed by atoms with Gasteiger partial charge in [0.05, 0.1) is 13.7 Å². The molecule has 1 unspecified atom stereocenters. The van der Waals surface area contributed by atoms with E-state index in [2.05, 4.69) is 22.0 Å². The summed E-state index contributed by atoms with van der Waals surface area (Å²) in [6.07, 6.45) is 1.41. The lowest BCUT2D eigenvalue weighted by atomic mass is 9.84.